The Bertz CT molecular complexity index is 1300. The van der Waals surface area contributed by atoms with Gasteiger partial charge in [-0.2, -0.15) is 0 Å². The third-order valence-corrected chi connectivity index (χ3v) is 7.98. The van der Waals surface area contributed by atoms with E-state index < -0.39 is 0 Å². The van der Waals surface area contributed by atoms with Crippen LogP contribution >= 0.6 is 0 Å². The van der Waals surface area contributed by atoms with Crippen LogP contribution in [-0.4, -0.2) is 18.1 Å². The predicted molar refractivity (Wildman–Crippen MR) is 157 cm³/mol. The van der Waals surface area contributed by atoms with Crippen molar-refractivity contribution in [2.45, 2.75) is 65.5 Å². The van der Waals surface area contributed by atoms with Gasteiger partial charge in [0.05, 0.1) is 6.61 Å². The lowest BCUT2D eigenvalue weighted by Gasteiger charge is -2.41. The number of amides is 1. The summed E-state index contributed by atoms with van der Waals surface area (Å²) in [7, 11) is 0. The first-order chi connectivity index (χ1) is 18.3. The fourth-order valence-electron chi connectivity index (χ4n) is 6.28. The molecule has 0 radical (unpaired) electrons. The van der Waals surface area contributed by atoms with Crippen molar-refractivity contribution in [3.05, 3.63) is 89.0 Å². The number of fused-ring (bicyclic) bond motifs is 1. The number of ether oxygens (including phenoxy) is 1. The molecule has 2 atom stereocenters. The number of carbonyl (C=O) groups excluding carboxylic acids is 1. The number of hydrogen-bond donors (Lipinski definition) is 2. The second-order valence-electron chi connectivity index (χ2n) is 11.8. The van der Waals surface area contributed by atoms with Crippen LogP contribution in [0.2, 0.25) is 0 Å². The molecule has 1 fully saturated rings. The number of anilines is 1. The van der Waals surface area contributed by atoms with Crippen LogP contribution in [0.3, 0.4) is 0 Å². The Hall–Kier alpha value is -3.37. The van der Waals surface area contributed by atoms with Crippen LogP contribution < -0.4 is 15.4 Å². The summed E-state index contributed by atoms with van der Waals surface area (Å²) >= 11 is 0. The molecular weight excluding hydrogens is 468 g/mol. The Labute approximate surface area is 227 Å². The number of hydrogen-bond acceptors (Lipinski definition) is 3. The molecule has 1 heterocycles. The highest BCUT2D eigenvalue weighted by molar-refractivity contribution is 6.07. The summed E-state index contributed by atoms with van der Waals surface area (Å²) in [6.07, 6.45) is 6.31. The van der Waals surface area contributed by atoms with Gasteiger partial charge in [0, 0.05) is 35.3 Å². The van der Waals surface area contributed by atoms with E-state index in [1.165, 1.54) is 30.4 Å². The molecule has 0 spiro atoms. The Morgan fingerprint density at radius 1 is 0.947 bits per heavy atom. The Balaban J connectivity index is 1.24. The van der Waals surface area contributed by atoms with E-state index in [0.29, 0.717) is 13.0 Å². The zero-order valence-corrected chi connectivity index (χ0v) is 23.1. The number of nitrogens with one attached hydrogen (secondary N) is 2. The van der Waals surface area contributed by atoms with Crippen molar-refractivity contribution in [1.29, 1.82) is 0 Å². The first-order valence-electron chi connectivity index (χ1n) is 14.0. The van der Waals surface area contributed by atoms with Crippen LogP contribution in [-0.2, 0) is 11.3 Å². The predicted octanol–water partition coefficient (Wildman–Crippen LogP) is 7.77. The molecule has 3 aromatic carbocycles. The maximum absolute atomic E-state index is 13.2. The van der Waals surface area contributed by atoms with Crippen molar-refractivity contribution in [1.82, 2.24) is 5.32 Å². The highest BCUT2D eigenvalue weighted by atomic mass is 16.5. The number of aryl methyl sites for hydroxylation is 1. The van der Waals surface area contributed by atoms with Gasteiger partial charge in [-0.3, -0.25) is 4.79 Å². The molecule has 1 saturated carbocycles. The average Bonchev–Trinajstić information content (AvgIpc) is 3.10. The van der Waals surface area contributed by atoms with Gasteiger partial charge >= 0.3 is 0 Å². The number of benzene rings is 3. The molecule has 38 heavy (non-hydrogen) atoms. The lowest BCUT2D eigenvalue weighted by molar-refractivity contribution is -0.113. The van der Waals surface area contributed by atoms with E-state index >= 15 is 0 Å². The van der Waals surface area contributed by atoms with E-state index in [-0.39, 0.29) is 11.4 Å². The van der Waals surface area contributed by atoms with Gasteiger partial charge in [0.1, 0.15) is 5.75 Å². The molecule has 1 aliphatic heterocycles. The van der Waals surface area contributed by atoms with E-state index in [1.54, 1.807) is 0 Å². The van der Waals surface area contributed by atoms with Gasteiger partial charge in [-0.05, 0) is 92.0 Å². The van der Waals surface area contributed by atoms with Gasteiger partial charge in [-0.25, -0.2) is 0 Å². The summed E-state index contributed by atoms with van der Waals surface area (Å²) in [6, 6.07) is 22.9. The smallest absolute Gasteiger partial charge is 0.251 e. The molecule has 5 rings (SSSR count). The minimum atomic E-state index is -0.0780. The van der Waals surface area contributed by atoms with Gasteiger partial charge in [-0.15, -0.1) is 0 Å². The highest BCUT2D eigenvalue weighted by Gasteiger charge is 2.33. The van der Waals surface area contributed by atoms with Crippen LogP contribution in [0, 0.1) is 18.8 Å². The van der Waals surface area contributed by atoms with Crippen LogP contribution in [0.15, 0.2) is 72.3 Å². The summed E-state index contributed by atoms with van der Waals surface area (Å²) in [6.45, 7) is 10.5. The summed E-state index contributed by atoms with van der Waals surface area (Å²) < 4.78 is 5.96. The largest absolute Gasteiger partial charge is 0.493 e. The Morgan fingerprint density at radius 3 is 2.34 bits per heavy atom. The molecule has 0 bridgehead atoms. The fourth-order valence-corrected chi connectivity index (χ4v) is 6.28. The zero-order chi connectivity index (χ0) is 26.7. The molecule has 4 nitrogen and oxygen atoms in total. The van der Waals surface area contributed by atoms with Gasteiger partial charge in [0.25, 0.3) is 5.91 Å². The summed E-state index contributed by atoms with van der Waals surface area (Å²) in [5.41, 5.74) is 7.39. The maximum atomic E-state index is 13.2. The third kappa shape index (κ3) is 6.36. The van der Waals surface area contributed by atoms with E-state index in [4.69, 9.17) is 4.74 Å². The van der Waals surface area contributed by atoms with Crippen molar-refractivity contribution >= 4 is 17.7 Å². The molecule has 2 N–H and O–H groups in total. The second kappa shape index (κ2) is 11.2. The third-order valence-electron chi connectivity index (χ3n) is 7.98. The first-order valence-corrected chi connectivity index (χ1v) is 14.0. The standard InChI is InChI=1S/C34H40N2O2/c1-23-5-9-27(10-6-23)28-11-14-32-30(18-28)19-29(15-16-38-32)33(37)36-31-12-7-26(8-13-31)22-35-34(4)20-24(2)17-25(3)21-34/h5-14,18-19,24-25,35H,15-17,20-22H2,1-4H3,(H,36,37). The van der Waals surface area contributed by atoms with E-state index in [1.807, 2.05) is 24.3 Å². The molecule has 0 saturated heterocycles. The topological polar surface area (TPSA) is 50.4 Å². The monoisotopic (exact) mass is 508 g/mol. The summed E-state index contributed by atoms with van der Waals surface area (Å²) in [5.74, 6) is 2.26. The molecule has 3 aromatic rings. The maximum Gasteiger partial charge on any atom is 0.251 e. The SMILES string of the molecule is Cc1ccc(-c2ccc3c(c2)C=C(C(=O)Nc2ccc(CNC4(C)CC(C)CC(C)C4)cc2)CCO3)cc1. The van der Waals surface area contributed by atoms with E-state index in [9.17, 15) is 4.79 Å². The van der Waals surface area contributed by atoms with Crippen LogP contribution in [0.1, 0.15) is 63.1 Å². The van der Waals surface area contributed by atoms with Crippen molar-refractivity contribution in [2.24, 2.45) is 11.8 Å². The number of carbonyl (C=O) groups is 1. The minimum absolute atomic E-state index is 0.0780. The van der Waals surface area contributed by atoms with E-state index in [0.717, 1.165) is 52.1 Å². The molecule has 1 aliphatic carbocycles. The molecule has 4 heteroatoms. The summed E-state index contributed by atoms with van der Waals surface area (Å²) in [5, 5.41) is 6.90. The van der Waals surface area contributed by atoms with Gasteiger partial charge in [0.2, 0.25) is 0 Å². The minimum Gasteiger partial charge on any atom is -0.493 e. The molecular formula is C34H40N2O2. The van der Waals surface area contributed by atoms with Crippen molar-refractivity contribution < 1.29 is 9.53 Å². The van der Waals surface area contributed by atoms with Gasteiger partial charge in [0.15, 0.2) is 0 Å². The lowest BCUT2D eigenvalue weighted by atomic mass is 9.72. The lowest BCUT2D eigenvalue weighted by Crippen LogP contribution is -2.47. The van der Waals surface area contributed by atoms with Crippen LogP contribution in [0.5, 0.6) is 5.75 Å². The Kier molecular flexibility index (Phi) is 7.71. The van der Waals surface area contributed by atoms with Crippen molar-refractivity contribution in [2.75, 3.05) is 11.9 Å². The molecule has 0 aromatic heterocycles. The van der Waals surface area contributed by atoms with Gasteiger partial charge in [-0.1, -0.05) is 61.9 Å². The molecule has 1 amide bonds. The molecule has 2 unspecified atom stereocenters. The summed E-state index contributed by atoms with van der Waals surface area (Å²) in [4.78, 5) is 13.2. The fraction of sp³-hybridized carbons (Fsp3) is 0.382. The molecule has 2 aliphatic rings. The average molecular weight is 509 g/mol. The second-order valence-corrected chi connectivity index (χ2v) is 11.8. The Morgan fingerprint density at radius 2 is 1.63 bits per heavy atom. The molecule has 198 valence electrons. The van der Waals surface area contributed by atoms with Gasteiger partial charge < -0.3 is 15.4 Å². The van der Waals surface area contributed by atoms with Crippen LogP contribution in [0.25, 0.3) is 17.2 Å². The van der Waals surface area contributed by atoms with Crippen molar-refractivity contribution in [3.8, 4) is 16.9 Å². The van der Waals surface area contributed by atoms with Crippen LogP contribution in [0.4, 0.5) is 5.69 Å². The zero-order valence-electron chi connectivity index (χ0n) is 23.1. The first kappa shape index (κ1) is 26.2. The van der Waals surface area contributed by atoms with Crippen molar-refractivity contribution in [3.63, 3.8) is 0 Å². The number of rotatable bonds is 6. The quantitative estimate of drug-likeness (QED) is 0.358. The normalized spacial score (nSPS) is 23.0. The highest BCUT2D eigenvalue weighted by Crippen LogP contribution is 2.36. The van der Waals surface area contributed by atoms with E-state index in [2.05, 4.69) is 86.9 Å².